The lowest BCUT2D eigenvalue weighted by molar-refractivity contribution is 0.303. The van der Waals surface area contributed by atoms with Gasteiger partial charge in [0.15, 0.2) is 0 Å². The average Bonchev–Trinajstić information content (AvgIpc) is 2.81. The number of nitrogens with two attached hydrogens (primary N) is 1. The molecular formula is C9H10INO. The van der Waals surface area contributed by atoms with Crippen LogP contribution in [0.15, 0.2) is 18.2 Å². The third-order valence-corrected chi connectivity index (χ3v) is 2.73. The minimum absolute atomic E-state index is 0.462. The molecule has 0 aliphatic heterocycles. The first-order chi connectivity index (χ1) is 5.75. The van der Waals surface area contributed by atoms with Crippen molar-refractivity contribution < 1.29 is 4.74 Å². The van der Waals surface area contributed by atoms with E-state index in [0.29, 0.717) is 6.10 Å². The molecule has 0 aromatic heterocycles. The van der Waals surface area contributed by atoms with Gasteiger partial charge < -0.3 is 10.5 Å². The maximum absolute atomic E-state index is 5.67. The fraction of sp³-hybridized carbons (Fsp3) is 0.333. The van der Waals surface area contributed by atoms with Gasteiger partial charge in [-0.25, -0.2) is 0 Å². The molecule has 1 saturated carbocycles. The van der Waals surface area contributed by atoms with Gasteiger partial charge in [0.25, 0.3) is 0 Å². The summed E-state index contributed by atoms with van der Waals surface area (Å²) in [5, 5.41) is 0. The van der Waals surface area contributed by atoms with E-state index in [1.54, 1.807) is 0 Å². The fourth-order valence-corrected chi connectivity index (χ4v) is 1.45. The molecule has 1 aliphatic rings. The number of anilines is 1. The first kappa shape index (κ1) is 8.16. The molecule has 0 atom stereocenters. The van der Waals surface area contributed by atoms with Gasteiger partial charge in [-0.1, -0.05) is 0 Å². The third kappa shape index (κ3) is 1.83. The van der Waals surface area contributed by atoms with Crippen molar-refractivity contribution in [3.63, 3.8) is 0 Å². The lowest BCUT2D eigenvalue weighted by Crippen LogP contribution is -1.97. The smallest absolute Gasteiger partial charge is 0.120 e. The quantitative estimate of drug-likeness (QED) is 0.664. The van der Waals surface area contributed by atoms with E-state index in [1.165, 1.54) is 12.8 Å². The molecule has 0 unspecified atom stereocenters. The van der Waals surface area contributed by atoms with Gasteiger partial charge >= 0.3 is 0 Å². The lowest BCUT2D eigenvalue weighted by atomic mass is 10.3. The summed E-state index contributed by atoms with van der Waals surface area (Å²) in [4.78, 5) is 0. The van der Waals surface area contributed by atoms with E-state index in [2.05, 4.69) is 22.6 Å². The third-order valence-electron chi connectivity index (χ3n) is 1.80. The van der Waals surface area contributed by atoms with Crippen LogP contribution in [0.4, 0.5) is 5.69 Å². The van der Waals surface area contributed by atoms with Gasteiger partial charge in [-0.2, -0.15) is 0 Å². The summed E-state index contributed by atoms with van der Waals surface area (Å²) in [6.45, 7) is 0. The maximum atomic E-state index is 5.67. The van der Waals surface area contributed by atoms with Crippen molar-refractivity contribution in [1.29, 1.82) is 0 Å². The molecule has 1 aliphatic carbocycles. The van der Waals surface area contributed by atoms with Crippen LogP contribution in [-0.2, 0) is 0 Å². The zero-order valence-electron chi connectivity index (χ0n) is 6.59. The van der Waals surface area contributed by atoms with Crippen molar-refractivity contribution in [3.05, 3.63) is 21.8 Å². The van der Waals surface area contributed by atoms with Crippen LogP contribution in [0.1, 0.15) is 12.8 Å². The summed E-state index contributed by atoms with van der Waals surface area (Å²) >= 11 is 2.21. The predicted octanol–water partition coefficient (Wildman–Crippen LogP) is 2.41. The topological polar surface area (TPSA) is 35.2 Å². The summed E-state index contributed by atoms with van der Waals surface area (Å²) in [5.74, 6) is 0.941. The van der Waals surface area contributed by atoms with Gasteiger partial charge in [-0.3, -0.25) is 0 Å². The molecule has 2 nitrogen and oxygen atoms in total. The van der Waals surface area contributed by atoms with Gasteiger partial charge in [0.2, 0.25) is 0 Å². The Labute approximate surface area is 85.2 Å². The number of benzene rings is 1. The van der Waals surface area contributed by atoms with Crippen LogP contribution >= 0.6 is 22.6 Å². The Hall–Kier alpha value is -0.450. The monoisotopic (exact) mass is 275 g/mol. The number of nitrogen functional groups attached to an aromatic ring is 1. The largest absolute Gasteiger partial charge is 0.490 e. The molecule has 0 amide bonds. The number of ether oxygens (including phenoxy) is 1. The second-order valence-electron chi connectivity index (χ2n) is 3.00. The molecule has 2 N–H and O–H groups in total. The predicted molar refractivity (Wildman–Crippen MR) is 57.2 cm³/mol. The van der Waals surface area contributed by atoms with E-state index in [4.69, 9.17) is 10.5 Å². The van der Waals surface area contributed by atoms with E-state index in [-0.39, 0.29) is 0 Å². The second-order valence-corrected chi connectivity index (χ2v) is 4.16. The van der Waals surface area contributed by atoms with E-state index in [9.17, 15) is 0 Å². The Balaban J connectivity index is 2.15. The highest BCUT2D eigenvalue weighted by molar-refractivity contribution is 14.1. The molecule has 0 saturated heterocycles. The van der Waals surface area contributed by atoms with Crippen molar-refractivity contribution in [2.75, 3.05) is 5.73 Å². The molecule has 0 heterocycles. The van der Waals surface area contributed by atoms with Gasteiger partial charge in [0.05, 0.1) is 6.10 Å². The summed E-state index contributed by atoms with van der Waals surface area (Å²) < 4.78 is 6.66. The van der Waals surface area contributed by atoms with Crippen molar-refractivity contribution in [3.8, 4) is 5.75 Å². The van der Waals surface area contributed by atoms with Gasteiger partial charge in [0.1, 0.15) is 5.75 Å². The van der Waals surface area contributed by atoms with Crippen LogP contribution in [0, 0.1) is 3.57 Å². The number of hydrogen-bond donors (Lipinski definition) is 1. The summed E-state index contributed by atoms with van der Waals surface area (Å²) in [5.41, 5.74) is 6.49. The Morgan fingerprint density at radius 2 is 2.17 bits per heavy atom. The summed E-state index contributed by atoms with van der Waals surface area (Å²) in [6, 6.07) is 5.80. The second kappa shape index (κ2) is 3.12. The summed E-state index contributed by atoms with van der Waals surface area (Å²) in [6.07, 6.45) is 2.85. The zero-order chi connectivity index (χ0) is 8.55. The lowest BCUT2D eigenvalue weighted by Gasteiger charge is -2.05. The van der Waals surface area contributed by atoms with Gasteiger partial charge in [-0.05, 0) is 53.6 Å². The first-order valence-corrected chi connectivity index (χ1v) is 5.05. The van der Waals surface area contributed by atoms with Crippen LogP contribution in [0.5, 0.6) is 5.75 Å². The molecule has 1 fully saturated rings. The number of hydrogen-bond acceptors (Lipinski definition) is 2. The standard InChI is InChI=1S/C9H10INO/c10-8-5-7(3-4-9(8)11)12-6-1-2-6/h3-6H,1-2,11H2. The molecule has 3 heteroatoms. The Bertz CT molecular complexity index is 297. The van der Waals surface area contributed by atoms with Crippen molar-refractivity contribution in [2.24, 2.45) is 0 Å². The van der Waals surface area contributed by atoms with Crippen molar-refractivity contribution >= 4 is 28.3 Å². The van der Waals surface area contributed by atoms with Gasteiger partial charge in [0, 0.05) is 9.26 Å². The minimum atomic E-state index is 0.462. The minimum Gasteiger partial charge on any atom is -0.490 e. The molecule has 1 aromatic rings. The van der Waals surface area contributed by atoms with Crippen LogP contribution in [-0.4, -0.2) is 6.10 Å². The molecule has 64 valence electrons. The molecule has 0 spiro atoms. The zero-order valence-corrected chi connectivity index (χ0v) is 8.74. The first-order valence-electron chi connectivity index (χ1n) is 3.97. The Kier molecular flexibility index (Phi) is 2.12. The van der Waals surface area contributed by atoms with Crippen LogP contribution in [0.3, 0.4) is 0 Å². The van der Waals surface area contributed by atoms with Gasteiger partial charge in [-0.15, -0.1) is 0 Å². The van der Waals surface area contributed by atoms with E-state index >= 15 is 0 Å². The van der Waals surface area contributed by atoms with Crippen molar-refractivity contribution in [1.82, 2.24) is 0 Å². The molecule has 2 rings (SSSR count). The SMILES string of the molecule is Nc1ccc(OC2CC2)cc1I. The maximum Gasteiger partial charge on any atom is 0.120 e. The summed E-state index contributed by atoms with van der Waals surface area (Å²) in [7, 11) is 0. The van der Waals surface area contributed by atoms with Crippen molar-refractivity contribution in [2.45, 2.75) is 18.9 Å². The Morgan fingerprint density at radius 3 is 2.75 bits per heavy atom. The average molecular weight is 275 g/mol. The van der Waals surface area contributed by atoms with E-state index < -0.39 is 0 Å². The molecule has 0 bridgehead atoms. The normalized spacial score (nSPS) is 16.1. The molecule has 0 radical (unpaired) electrons. The molecule has 12 heavy (non-hydrogen) atoms. The molecular weight excluding hydrogens is 265 g/mol. The van der Waals surface area contributed by atoms with Crippen LogP contribution in [0.25, 0.3) is 0 Å². The highest BCUT2D eigenvalue weighted by Gasteiger charge is 2.23. The Morgan fingerprint density at radius 1 is 1.42 bits per heavy atom. The highest BCUT2D eigenvalue weighted by Crippen LogP contribution is 2.28. The van der Waals surface area contributed by atoms with Crippen LogP contribution < -0.4 is 10.5 Å². The van der Waals surface area contributed by atoms with Crippen LogP contribution in [0.2, 0.25) is 0 Å². The number of halogens is 1. The van der Waals surface area contributed by atoms with E-state index in [1.807, 2.05) is 18.2 Å². The highest BCUT2D eigenvalue weighted by atomic mass is 127. The fourth-order valence-electron chi connectivity index (χ4n) is 0.960. The molecule has 1 aromatic carbocycles. The number of rotatable bonds is 2. The van der Waals surface area contributed by atoms with E-state index in [0.717, 1.165) is 15.0 Å².